The third-order valence-corrected chi connectivity index (χ3v) is 1.40. The second-order valence-electron chi connectivity index (χ2n) is 1.72. The molecular weight excluding hydrogens is 193 g/mol. The Balaban J connectivity index is 3.18. The zero-order valence-corrected chi connectivity index (χ0v) is 6.72. The van der Waals surface area contributed by atoms with Crippen LogP contribution in [0.1, 0.15) is 5.76 Å². The van der Waals surface area contributed by atoms with Crippen molar-refractivity contribution in [2.45, 2.75) is 5.88 Å². The first kappa shape index (κ1) is 8.36. The lowest BCUT2D eigenvalue weighted by Crippen LogP contribution is -2.16. The van der Waals surface area contributed by atoms with Gasteiger partial charge in [-0.3, -0.25) is 9.59 Å². The summed E-state index contributed by atoms with van der Waals surface area (Å²) in [6, 6.07) is 1.10. The van der Waals surface area contributed by atoms with Gasteiger partial charge in [0.15, 0.2) is 5.76 Å². The van der Waals surface area contributed by atoms with Crippen LogP contribution >= 0.6 is 23.2 Å². The second kappa shape index (κ2) is 3.11. The smallest absolute Gasteiger partial charge is 0.357 e. The Labute approximate surface area is 71.3 Å². The Morgan fingerprint density at radius 1 is 1.73 bits per heavy atom. The highest BCUT2D eigenvalue weighted by Crippen LogP contribution is 2.01. The molecule has 0 aliphatic heterocycles. The van der Waals surface area contributed by atoms with E-state index in [4.69, 9.17) is 23.2 Å². The van der Waals surface area contributed by atoms with Crippen molar-refractivity contribution in [1.29, 1.82) is 0 Å². The van der Waals surface area contributed by atoms with Gasteiger partial charge < -0.3 is 4.52 Å². The maximum Gasteiger partial charge on any atom is 0.357 e. The van der Waals surface area contributed by atoms with E-state index >= 15 is 0 Å². The summed E-state index contributed by atoms with van der Waals surface area (Å²) in [4.78, 5) is 21.1. The van der Waals surface area contributed by atoms with Gasteiger partial charge >= 0.3 is 5.37 Å². The molecule has 0 unspecified atom stereocenters. The molecule has 1 heterocycles. The molecule has 0 bridgehead atoms. The number of halogens is 2. The van der Waals surface area contributed by atoms with Gasteiger partial charge in [-0.25, -0.2) is 0 Å². The number of alkyl halides is 1. The molecule has 0 aliphatic rings. The van der Waals surface area contributed by atoms with Crippen LogP contribution in [-0.2, 0) is 5.88 Å². The monoisotopic (exact) mass is 195 g/mol. The van der Waals surface area contributed by atoms with Crippen LogP contribution < -0.4 is 5.56 Å². The van der Waals surface area contributed by atoms with E-state index in [0.29, 0.717) is 4.74 Å². The van der Waals surface area contributed by atoms with E-state index in [1.165, 1.54) is 0 Å². The molecule has 1 rings (SSSR count). The van der Waals surface area contributed by atoms with E-state index in [1.807, 2.05) is 0 Å². The SMILES string of the molecule is O=C(Cl)n1oc(CCl)cc1=O. The fourth-order valence-electron chi connectivity index (χ4n) is 0.570. The fraction of sp³-hybridized carbons (Fsp3) is 0.200. The molecule has 0 N–H and O–H groups in total. The van der Waals surface area contributed by atoms with E-state index < -0.39 is 10.9 Å². The minimum atomic E-state index is -0.980. The zero-order valence-electron chi connectivity index (χ0n) is 5.21. The molecule has 60 valence electrons. The first-order valence-corrected chi connectivity index (χ1v) is 3.54. The van der Waals surface area contributed by atoms with Gasteiger partial charge in [-0.05, 0) is 11.6 Å². The third-order valence-electron chi connectivity index (χ3n) is 0.985. The van der Waals surface area contributed by atoms with Gasteiger partial charge in [0.05, 0.1) is 5.88 Å². The van der Waals surface area contributed by atoms with E-state index in [9.17, 15) is 9.59 Å². The zero-order chi connectivity index (χ0) is 8.43. The predicted molar refractivity (Wildman–Crippen MR) is 39.2 cm³/mol. The molecular formula is C5H3Cl2NO3. The number of aromatic nitrogens is 1. The summed E-state index contributed by atoms with van der Waals surface area (Å²) in [6.07, 6.45) is 0. The predicted octanol–water partition coefficient (Wildman–Crippen LogP) is 1.39. The normalized spacial score (nSPS) is 10.0. The van der Waals surface area contributed by atoms with Crippen molar-refractivity contribution in [3.63, 3.8) is 0 Å². The summed E-state index contributed by atoms with van der Waals surface area (Å²) in [5.74, 6) is 0.248. The summed E-state index contributed by atoms with van der Waals surface area (Å²) < 4.78 is 5.05. The Kier molecular flexibility index (Phi) is 2.36. The van der Waals surface area contributed by atoms with Gasteiger partial charge in [-0.1, -0.05) is 4.74 Å². The summed E-state index contributed by atoms with van der Waals surface area (Å²) in [5.41, 5.74) is -0.611. The van der Waals surface area contributed by atoms with Gasteiger partial charge in [0.2, 0.25) is 0 Å². The van der Waals surface area contributed by atoms with Crippen LogP contribution in [0.3, 0.4) is 0 Å². The Morgan fingerprint density at radius 3 is 2.64 bits per heavy atom. The molecule has 0 spiro atoms. The average Bonchev–Trinajstić information content (AvgIpc) is 2.30. The van der Waals surface area contributed by atoms with E-state index in [2.05, 4.69) is 4.52 Å². The summed E-state index contributed by atoms with van der Waals surface area (Å²) in [6.45, 7) is 0. The van der Waals surface area contributed by atoms with E-state index in [1.54, 1.807) is 0 Å². The van der Waals surface area contributed by atoms with Crippen molar-refractivity contribution in [1.82, 2.24) is 4.74 Å². The first-order valence-electron chi connectivity index (χ1n) is 2.63. The number of carbonyl (C=O) groups excluding carboxylic acids is 1. The largest absolute Gasteiger partial charge is 0.371 e. The van der Waals surface area contributed by atoms with Crippen LogP contribution in [0.25, 0.3) is 0 Å². The third kappa shape index (κ3) is 1.64. The van der Waals surface area contributed by atoms with Crippen molar-refractivity contribution in [3.05, 3.63) is 22.2 Å². The van der Waals surface area contributed by atoms with Crippen LogP contribution in [0.4, 0.5) is 4.79 Å². The average molecular weight is 196 g/mol. The summed E-state index contributed by atoms with van der Waals surface area (Å²) in [7, 11) is 0. The van der Waals surface area contributed by atoms with Gasteiger partial charge in [-0.15, -0.1) is 11.6 Å². The van der Waals surface area contributed by atoms with Crippen LogP contribution in [0, 0.1) is 0 Å². The Hall–Kier alpha value is -0.740. The molecule has 0 radical (unpaired) electrons. The van der Waals surface area contributed by atoms with Gasteiger partial charge in [0.1, 0.15) is 0 Å². The second-order valence-corrected chi connectivity index (χ2v) is 2.31. The number of hydrogen-bond donors (Lipinski definition) is 0. The maximum atomic E-state index is 10.7. The molecule has 11 heavy (non-hydrogen) atoms. The number of hydrogen-bond acceptors (Lipinski definition) is 3. The lowest BCUT2D eigenvalue weighted by molar-refractivity contribution is 0.226. The van der Waals surface area contributed by atoms with Gasteiger partial charge in [0, 0.05) is 6.07 Å². The molecule has 0 atom stereocenters. The van der Waals surface area contributed by atoms with Crippen molar-refractivity contribution < 1.29 is 9.32 Å². The molecule has 0 saturated carbocycles. The lowest BCUT2D eigenvalue weighted by atomic mass is 10.5. The molecule has 0 amide bonds. The Morgan fingerprint density at radius 2 is 2.36 bits per heavy atom. The molecule has 1 aromatic heterocycles. The van der Waals surface area contributed by atoms with Crippen LogP contribution in [0.15, 0.2) is 15.4 Å². The minimum absolute atomic E-state index is 0.0341. The van der Waals surface area contributed by atoms with Crippen LogP contribution in [0.2, 0.25) is 0 Å². The fourth-order valence-corrected chi connectivity index (χ4v) is 0.814. The number of nitrogens with zero attached hydrogens (tertiary/aromatic N) is 1. The Bertz CT molecular complexity index is 327. The van der Waals surface area contributed by atoms with E-state index in [-0.39, 0.29) is 11.6 Å². The van der Waals surface area contributed by atoms with Gasteiger partial charge in [0.25, 0.3) is 5.56 Å². The molecule has 4 nitrogen and oxygen atoms in total. The van der Waals surface area contributed by atoms with E-state index in [0.717, 1.165) is 6.07 Å². The molecule has 6 heteroatoms. The molecule has 0 fully saturated rings. The van der Waals surface area contributed by atoms with Crippen LogP contribution in [-0.4, -0.2) is 10.1 Å². The van der Waals surface area contributed by atoms with Crippen molar-refractivity contribution in [3.8, 4) is 0 Å². The quantitative estimate of drug-likeness (QED) is 0.503. The lowest BCUT2D eigenvalue weighted by Gasteiger charge is -1.86. The van der Waals surface area contributed by atoms with Crippen molar-refractivity contribution in [2.24, 2.45) is 0 Å². The van der Waals surface area contributed by atoms with Gasteiger partial charge in [-0.2, -0.15) is 0 Å². The highest BCUT2D eigenvalue weighted by Gasteiger charge is 2.09. The summed E-state index contributed by atoms with van der Waals surface area (Å²) >= 11 is 10.3. The molecule has 0 aromatic carbocycles. The topological polar surface area (TPSA) is 52.2 Å². The van der Waals surface area contributed by atoms with Crippen molar-refractivity contribution in [2.75, 3.05) is 0 Å². The molecule has 0 saturated heterocycles. The van der Waals surface area contributed by atoms with Crippen LogP contribution in [0.5, 0.6) is 0 Å². The molecule has 0 aliphatic carbocycles. The number of carbonyl (C=O) groups is 1. The molecule has 1 aromatic rings. The highest BCUT2D eigenvalue weighted by molar-refractivity contribution is 6.63. The number of rotatable bonds is 1. The highest BCUT2D eigenvalue weighted by atomic mass is 35.5. The van der Waals surface area contributed by atoms with Crippen molar-refractivity contribution >= 4 is 28.6 Å². The maximum absolute atomic E-state index is 10.7. The summed E-state index contributed by atoms with van der Waals surface area (Å²) in [5, 5.41) is -0.980. The first-order chi connectivity index (χ1) is 5.15. The minimum Gasteiger partial charge on any atom is -0.371 e. The standard InChI is InChI=1S/C5H3Cl2NO3/c6-2-3-1-4(9)8(11-3)5(7)10/h1H,2H2.